The molecular weight excluding hydrogens is 390 g/mol. The molecule has 0 saturated carbocycles. The molecule has 0 spiro atoms. The van der Waals surface area contributed by atoms with E-state index in [-0.39, 0.29) is 11.6 Å². The fourth-order valence-corrected chi connectivity index (χ4v) is 3.29. The maximum atomic E-state index is 12.5. The van der Waals surface area contributed by atoms with Crippen LogP contribution in [0.2, 0.25) is 5.02 Å². The molecule has 3 heterocycles. The van der Waals surface area contributed by atoms with E-state index in [9.17, 15) is 4.79 Å². The standard InChI is InChI=1S/C21H18ClN5O2/c1-12(16-11-13-10-14(22)5-6-17(13)26-19(16)28)25-21-24-9-7-18(27-21)15-4-3-8-23-20(15)29-2/h3-12H,1-2H3,(H,26,28)(H,24,25,27)/t12-/m0/s1. The fourth-order valence-electron chi connectivity index (χ4n) is 3.11. The average molecular weight is 408 g/mol. The van der Waals surface area contributed by atoms with Gasteiger partial charge in [0.2, 0.25) is 11.8 Å². The first-order valence-electron chi connectivity index (χ1n) is 8.96. The number of hydrogen-bond donors (Lipinski definition) is 2. The number of pyridine rings is 2. The lowest BCUT2D eigenvalue weighted by atomic mass is 10.1. The number of hydrogen-bond acceptors (Lipinski definition) is 6. The van der Waals surface area contributed by atoms with E-state index >= 15 is 0 Å². The molecule has 0 saturated heterocycles. The van der Waals surface area contributed by atoms with Gasteiger partial charge in [0.25, 0.3) is 5.56 Å². The number of benzene rings is 1. The number of methoxy groups -OCH3 is 1. The number of anilines is 1. The van der Waals surface area contributed by atoms with Gasteiger partial charge in [-0.25, -0.2) is 15.0 Å². The van der Waals surface area contributed by atoms with Crippen LogP contribution in [0.4, 0.5) is 5.95 Å². The van der Waals surface area contributed by atoms with E-state index in [1.54, 1.807) is 37.7 Å². The number of aromatic nitrogens is 4. The Bertz CT molecular complexity index is 1240. The van der Waals surface area contributed by atoms with Crippen molar-refractivity contribution in [3.05, 3.63) is 75.8 Å². The van der Waals surface area contributed by atoms with Gasteiger partial charge in [0, 0.05) is 33.9 Å². The lowest BCUT2D eigenvalue weighted by molar-refractivity contribution is 0.399. The first kappa shape index (κ1) is 18.9. The van der Waals surface area contributed by atoms with Crippen molar-refractivity contribution >= 4 is 28.5 Å². The van der Waals surface area contributed by atoms with Crippen LogP contribution in [0.15, 0.2) is 59.7 Å². The van der Waals surface area contributed by atoms with Gasteiger partial charge in [0.15, 0.2) is 0 Å². The Morgan fingerprint density at radius 1 is 1.14 bits per heavy atom. The van der Waals surface area contributed by atoms with E-state index in [4.69, 9.17) is 16.3 Å². The number of nitrogens with zero attached hydrogens (tertiary/aromatic N) is 3. The lowest BCUT2D eigenvalue weighted by Crippen LogP contribution is -2.20. The van der Waals surface area contributed by atoms with Crippen LogP contribution >= 0.6 is 11.6 Å². The van der Waals surface area contributed by atoms with Crippen LogP contribution in [0.1, 0.15) is 18.5 Å². The number of aromatic amines is 1. The van der Waals surface area contributed by atoms with Crippen LogP contribution in [-0.4, -0.2) is 27.0 Å². The van der Waals surface area contributed by atoms with Crippen molar-refractivity contribution in [2.45, 2.75) is 13.0 Å². The third kappa shape index (κ3) is 3.90. The van der Waals surface area contributed by atoms with Gasteiger partial charge in [-0.05, 0) is 49.4 Å². The Morgan fingerprint density at radius 2 is 2.00 bits per heavy atom. The maximum Gasteiger partial charge on any atom is 0.253 e. The first-order chi connectivity index (χ1) is 14.0. The highest BCUT2D eigenvalue weighted by Gasteiger charge is 2.14. The molecule has 0 aliphatic heterocycles. The van der Waals surface area contributed by atoms with Crippen LogP contribution in [0.25, 0.3) is 22.2 Å². The molecule has 8 heteroatoms. The topological polar surface area (TPSA) is 92.8 Å². The number of H-pyrrole nitrogens is 1. The maximum absolute atomic E-state index is 12.5. The first-order valence-corrected chi connectivity index (χ1v) is 9.34. The summed E-state index contributed by atoms with van der Waals surface area (Å²) in [5, 5.41) is 4.66. The van der Waals surface area contributed by atoms with Crippen molar-refractivity contribution in [3.8, 4) is 17.1 Å². The predicted octanol–water partition coefficient (Wildman–Crippen LogP) is 4.22. The number of halogens is 1. The smallest absolute Gasteiger partial charge is 0.253 e. The molecule has 0 bridgehead atoms. The van der Waals surface area contributed by atoms with E-state index < -0.39 is 0 Å². The zero-order valence-electron chi connectivity index (χ0n) is 15.8. The molecule has 0 aliphatic rings. The highest BCUT2D eigenvalue weighted by molar-refractivity contribution is 6.31. The van der Waals surface area contributed by atoms with Gasteiger partial charge >= 0.3 is 0 Å². The SMILES string of the molecule is COc1ncccc1-c1ccnc(N[C@@H](C)c2cc3cc(Cl)ccc3[nH]c2=O)n1. The molecule has 29 heavy (non-hydrogen) atoms. The monoisotopic (exact) mass is 407 g/mol. The summed E-state index contributed by atoms with van der Waals surface area (Å²) < 4.78 is 5.31. The van der Waals surface area contributed by atoms with Crippen LogP contribution in [-0.2, 0) is 0 Å². The van der Waals surface area contributed by atoms with Crippen molar-refractivity contribution in [2.24, 2.45) is 0 Å². The molecule has 0 unspecified atom stereocenters. The van der Waals surface area contributed by atoms with Crippen molar-refractivity contribution in [3.63, 3.8) is 0 Å². The third-order valence-corrected chi connectivity index (χ3v) is 4.78. The fraction of sp³-hybridized carbons (Fsp3) is 0.143. The Morgan fingerprint density at radius 3 is 2.83 bits per heavy atom. The van der Waals surface area contributed by atoms with Gasteiger partial charge in [-0.2, -0.15) is 0 Å². The Labute approximate surface area is 171 Å². The minimum absolute atomic E-state index is 0.176. The van der Waals surface area contributed by atoms with Gasteiger partial charge in [0.05, 0.1) is 24.4 Å². The summed E-state index contributed by atoms with van der Waals surface area (Å²) >= 11 is 6.08. The van der Waals surface area contributed by atoms with Crippen LogP contribution in [0.5, 0.6) is 5.88 Å². The zero-order valence-corrected chi connectivity index (χ0v) is 16.6. The van der Waals surface area contributed by atoms with Crippen LogP contribution in [0.3, 0.4) is 0 Å². The largest absolute Gasteiger partial charge is 0.481 e. The predicted molar refractivity (Wildman–Crippen MR) is 113 cm³/mol. The number of nitrogens with one attached hydrogen (secondary N) is 2. The second-order valence-corrected chi connectivity index (χ2v) is 6.91. The van der Waals surface area contributed by atoms with Gasteiger partial charge in [-0.1, -0.05) is 11.6 Å². The summed E-state index contributed by atoms with van der Waals surface area (Å²) in [4.78, 5) is 28.4. The second-order valence-electron chi connectivity index (χ2n) is 6.48. The minimum Gasteiger partial charge on any atom is -0.481 e. The normalized spacial score (nSPS) is 12.0. The quantitative estimate of drug-likeness (QED) is 0.514. The Hall–Kier alpha value is -3.45. The van der Waals surface area contributed by atoms with Gasteiger partial charge in [0.1, 0.15) is 0 Å². The van der Waals surface area contributed by atoms with Crippen LogP contribution in [0, 0.1) is 0 Å². The molecule has 2 N–H and O–H groups in total. The summed E-state index contributed by atoms with van der Waals surface area (Å²) in [6.07, 6.45) is 3.30. The van der Waals surface area contributed by atoms with E-state index in [0.717, 1.165) is 16.5 Å². The van der Waals surface area contributed by atoms with E-state index in [1.807, 2.05) is 31.2 Å². The molecule has 4 aromatic rings. The minimum atomic E-state index is -0.326. The summed E-state index contributed by atoms with van der Waals surface area (Å²) in [5.41, 5.74) is 2.54. The molecule has 3 aromatic heterocycles. The number of ether oxygens (including phenoxy) is 1. The molecule has 1 aromatic carbocycles. The second kappa shape index (κ2) is 7.89. The Kier molecular flexibility index (Phi) is 5.14. The summed E-state index contributed by atoms with van der Waals surface area (Å²) in [6, 6.07) is 12.3. The van der Waals surface area contributed by atoms with E-state index in [2.05, 4.69) is 25.3 Å². The number of fused-ring (bicyclic) bond motifs is 1. The molecule has 0 aliphatic carbocycles. The zero-order chi connectivity index (χ0) is 20.4. The van der Waals surface area contributed by atoms with Gasteiger partial charge < -0.3 is 15.0 Å². The molecule has 0 fully saturated rings. The molecule has 146 valence electrons. The Balaban J connectivity index is 1.65. The van der Waals surface area contributed by atoms with Crippen molar-refractivity contribution < 1.29 is 4.74 Å². The number of rotatable bonds is 5. The van der Waals surface area contributed by atoms with Gasteiger partial charge in [-0.3, -0.25) is 4.79 Å². The average Bonchev–Trinajstić information content (AvgIpc) is 2.73. The van der Waals surface area contributed by atoms with Crippen molar-refractivity contribution in [1.82, 2.24) is 19.9 Å². The lowest BCUT2D eigenvalue weighted by Gasteiger charge is -2.15. The molecule has 4 rings (SSSR count). The van der Waals surface area contributed by atoms with Gasteiger partial charge in [-0.15, -0.1) is 0 Å². The third-order valence-electron chi connectivity index (χ3n) is 4.54. The molecule has 0 amide bonds. The van der Waals surface area contributed by atoms with Crippen molar-refractivity contribution in [2.75, 3.05) is 12.4 Å². The highest BCUT2D eigenvalue weighted by Crippen LogP contribution is 2.27. The summed E-state index contributed by atoms with van der Waals surface area (Å²) in [5.74, 6) is 0.875. The van der Waals surface area contributed by atoms with E-state index in [1.165, 1.54) is 0 Å². The highest BCUT2D eigenvalue weighted by atomic mass is 35.5. The van der Waals surface area contributed by atoms with E-state index in [0.29, 0.717) is 28.1 Å². The summed E-state index contributed by atoms with van der Waals surface area (Å²) in [7, 11) is 1.56. The molecular formula is C21H18ClN5O2. The molecule has 0 radical (unpaired) electrons. The van der Waals surface area contributed by atoms with Crippen LogP contribution < -0.4 is 15.6 Å². The molecule has 7 nitrogen and oxygen atoms in total. The molecule has 1 atom stereocenters. The van der Waals surface area contributed by atoms with Crippen molar-refractivity contribution in [1.29, 1.82) is 0 Å². The summed E-state index contributed by atoms with van der Waals surface area (Å²) in [6.45, 7) is 1.88.